The lowest BCUT2D eigenvalue weighted by Gasteiger charge is -2.05. The lowest BCUT2D eigenvalue weighted by atomic mass is 10.1. The minimum atomic E-state index is 0.411. The van der Waals surface area contributed by atoms with Gasteiger partial charge in [-0.05, 0) is 18.6 Å². The number of anilines is 1. The summed E-state index contributed by atoms with van der Waals surface area (Å²) in [6.07, 6.45) is 2.77. The van der Waals surface area contributed by atoms with Crippen LogP contribution in [0.3, 0.4) is 0 Å². The Balaban J connectivity index is 2.53. The van der Waals surface area contributed by atoms with E-state index in [0.29, 0.717) is 29.4 Å². The van der Waals surface area contributed by atoms with E-state index in [0.717, 1.165) is 24.7 Å². The maximum Gasteiger partial charge on any atom is 0.156 e. The molecule has 1 heterocycles. The van der Waals surface area contributed by atoms with Crippen molar-refractivity contribution in [3.8, 4) is 17.0 Å². The molecule has 0 saturated heterocycles. The Morgan fingerprint density at radius 1 is 1.40 bits per heavy atom. The molecule has 0 saturated carbocycles. The second-order valence-electron chi connectivity index (χ2n) is 4.54. The Labute approximate surface area is 118 Å². The summed E-state index contributed by atoms with van der Waals surface area (Å²) in [6.45, 7) is 2.81. The van der Waals surface area contributed by atoms with Crippen molar-refractivity contribution in [1.29, 1.82) is 0 Å². The van der Waals surface area contributed by atoms with E-state index in [1.54, 1.807) is 11.8 Å². The Bertz CT molecular complexity index is 605. The number of carbonyl (C=O) groups is 1. The molecule has 2 rings (SSSR count). The monoisotopic (exact) mass is 273 g/mol. The maximum atomic E-state index is 11.3. The van der Waals surface area contributed by atoms with Crippen molar-refractivity contribution in [3.05, 3.63) is 29.8 Å². The summed E-state index contributed by atoms with van der Waals surface area (Å²) in [5, 5.41) is 4.48. The minimum Gasteiger partial charge on any atom is -0.496 e. The van der Waals surface area contributed by atoms with Crippen molar-refractivity contribution in [2.45, 2.75) is 26.3 Å². The van der Waals surface area contributed by atoms with Gasteiger partial charge in [-0.25, -0.2) is 4.68 Å². The van der Waals surface area contributed by atoms with Gasteiger partial charge in [0.2, 0.25) is 0 Å². The molecule has 2 N–H and O–H groups in total. The summed E-state index contributed by atoms with van der Waals surface area (Å²) in [7, 11) is 1.59. The molecule has 0 atom stereocenters. The molecule has 0 bridgehead atoms. The van der Waals surface area contributed by atoms with Crippen molar-refractivity contribution < 1.29 is 9.53 Å². The summed E-state index contributed by atoms with van der Waals surface area (Å²) in [5.41, 5.74) is 7.79. The number of aldehydes is 1. The molecule has 1 aromatic heterocycles. The van der Waals surface area contributed by atoms with E-state index in [2.05, 4.69) is 12.0 Å². The van der Waals surface area contributed by atoms with Crippen molar-refractivity contribution in [3.63, 3.8) is 0 Å². The van der Waals surface area contributed by atoms with Gasteiger partial charge >= 0.3 is 0 Å². The van der Waals surface area contributed by atoms with Crippen LogP contribution in [0, 0.1) is 0 Å². The number of hydrogen-bond donors (Lipinski definition) is 1. The van der Waals surface area contributed by atoms with E-state index < -0.39 is 0 Å². The van der Waals surface area contributed by atoms with Crippen LogP contribution in [0.25, 0.3) is 11.3 Å². The Morgan fingerprint density at radius 3 is 2.80 bits per heavy atom. The third-order valence-electron chi connectivity index (χ3n) is 3.23. The largest absolute Gasteiger partial charge is 0.496 e. The van der Waals surface area contributed by atoms with Crippen molar-refractivity contribution in [2.75, 3.05) is 12.8 Å². The SMILES string of the molecule is CCCCn1nc(-c2ccccc2OC)c(C=O)c1N. The zero-order chi connectivity index (χ0) is 14.5. The van der Waals surface area contributed by atoms with Gasteiger partial charge in [0, 0.05) is 12.1 Å². The molecule has 106 valence electrons. The van der Waals surface area contributed by atoms with Gasteiger partial charge in [-0.15, -0.1) is 0 Å². The number of methoxy groups -OCH3 is 1. The number of nitrogens with two attached hydrogens (primary N) is 1. The van der Waals surface area contributed by atoms with Gasteiger partial charge in [0.05, 0.1) is 12.7 Å². The molecule has 0 aliphatic carbocycles. The van der Waals surface area contributed by atoms with Crippen LogP contribution in [0.5, 0.6) is 5.75 Å². The average molecular weight is 273 g/mol. The molecule has 0 amide bonds. The van der Waals surface area contributed by atoms with Crippen LogP contribution in [-0.2, 0) is 6.54 Å². The van der Waals surface area contributed by atoms with E-state index >= 15 is 0 Å². The lowest BCUT2D eigenvalue weighted by Crippen LogP contribution is -2.05. The fraction of sp³-hybridized carbons (Fsp3) is 0.333. The summed E-state index contributed by atoms with van der Waals surface area (Å²) in [6, 6.07) is 7.47. The number of ether oxygens (including phenoxy) is 1. The summed E-state index contributed by atoms with van der Waals surface area (Å²) < 4.78 is 7.01. The highest BCUT2D eigenvalue weighted by molar-refractivity contribution is 5.92. The van der Waals surface area contributed by atoms with Gasteiger partial charge in [-0.1, -0.05) is 25.5 Å². The maximum absolute atomic E-state index is 11.3. The quantitative estimate of drug-likeness (QED) is 0.821. The van der Waals surface area contributed by atoms with Gasteiger partial charge < -0.3 is 10.5 Å². The van der Waals surface area contributed by atoms with E-state index in [9.17, 15) is 4.79 Å². The Morgan fingerprint density at radius 2 is 2.15 bits per heavy atom. The van der Waals surface area contributed by atoms with Crippen LogP contribution in [0.1, 0.15) is 30.1 Å². The molecular weight excluding hydrogens is 254 g/mol. The molecule has 0 unspecified atom stereocenters. The molecule has 0 radical (unpaired) electrons. The van der Waals surface area contributed by atoms with Gasteiger partial charge in [-0.3, -0.25) is 4.79 Å². The predicted octanol–water partition coefficient (Wildman–Crippen LogP) is 2.75. The Kier molecular flexibility index (Phi) is 4.40. The zero-order valence-electron chi connectivity index (χ0n) is 11.8. The van der Waals surface area contributed by atoms with Gasteiger partial charge in [-0.2, -0.15) is 5.10 Å². The molecule has 0 aliphatic heterocycles. The minimum absolute atomic E-state index is 0.411. The predicted molar refractivity (Wildman–Crippen MR) is 78.9 cm³/mol. The normalized spacial score (nSPS) is 10.5. The smallest absolute Gasteiger partial charge is 0.156 e. The van der Waals surface area contributed by atoms with Gasteiger partial charge in [0.1, 0.15) is 17.3 Å². The zero-order valence-corrected chi connectivity index (χ0v) is 11.8. The van der Waals surface area contributed by atoms with Crippen LogP contribution < -0.4 is 10.5 Å². The van der Waals surface area contributed by atoms with E-state index in [1.807, 2.05) is 24.3 Å². The number of carbonyl (C=O) groups excluding carboxylic acids is 1. The van der Waals surface area contributed by atoms with Gasteiger partial charge in [0.15, 0.2) is 6.29 Å². The van der Waals surface area contributed by atoms with Crippen LogP contribution in [-0.4, -0.2) is 23.2 Å². The Hall–Kier alpha value is -2.30. The number of benzene rings is 1. The number of nitrogens with zero attached hydrogens (tertiary/aromatic N) is 2. The van der Waals surface area contributed by atoms with Crippen LogP contribution in [0.4, 0.5) is 5.82 Å². The van der Waals surface area contributed by atoms with E-state index in [-0.39, 0.29) is 0 Å². The first-order valence-corrected chi connectivity index (χ1v) is 6.67. The number of para-hydroxylation sites is 1. The number of aryl methyl sites for hydroxylation is 1. The lowest BCUT2D eigenvalue weighted by molar-refractivity contribution is 0.112. The number of hydrogen-bond acceptors (Lipinski definition) is 4. The third kappa shape index (κ3) is 2.52. The molecule has 2 aromatic rings. The molecule has 5 heteroatoms. The van der Waals surface area contributed by atoms with E-state index in [1.165, 1.54) is 0 Å². The van der Waals surface area contributed by atoms with Gasteiger partial charge in [0.25, 0.3) is 0 Å². The summed E-state index contributed by atoms with van der Waals surface area (Å²) in [4.78, 5) is 11.3. The molecule has 5 nitrogen and oxygen atoms in total. The highest BCUT2D eigenvalue weighted by Crippen LogP contribution is 2.32. The first-order chi connectivity index (χ1) is 9.72. The molecule has 20 heavy (non-hydrogen) atoms. The second kappa shape index (κ2) is 6.23. The van der Waals surface area contributed by atoms with Crippen LogP contribution in [0.2, 0.25) is 0 Å². The second-order valence-corrected chi connectivity index (χ2v) is 4.54. The van der Waals surface area contributed by atoms with Crippen LogP contribution in [0.15, 0.2) is 24.3 Å². The molecular formula is C15H19N3O2. The summed E-state index contributed by atoms with van der Waals surface area (Å²) >= 11 is 0. The first-order valence-electron chi connectivity index (χ1n) is 6.67. The molecule has 0 spiro atoms. The van der Waals surface area contributed by atoms with E-state index in [4.69, 9.17) is 10.5 Å². The number of aromatic nitrogens is 2. The third-order valence-corrected chi connectivity index (χ3v) is 3.23. The average Bonchev–Trinajstić information content (AvgIpc) is 2.81. The fourth-order valence-electron chi connectivity index (χ4n) is 2.12. The standard InChI is InChI=1S/C15H19N3O2/c1-3-4-9-18-15(16)12(10-19)14(17-18)11-7-5-6-8-13(11)20-2/h5-8,10H,3-4,9,16H2,1-2H3. The number of unbranched alkanes of at least 4 members (excludes halogenated alkanes) is 1. The molecule has 0 fully saturated rings. The highest BCUT2D eigenvalue weighted by atomic mass is 16.5. The highest BCUT2D eigenvalue weighted by Gasteiger charge is 2.18. The number of rotatable bonds is 6. The van der Waals surface area contributed by atoms with Crippen LogP contribution >= 0.6 is 0 Å². The summed E-state index contributed by atoms with van der Waals surface area (Å²) in [5.74, 6) is 1.09. The fourth-order valence-corrected chi connectivity index (χ4v) is 2.12. The number of nitrogen functional groups attached to an aromatic ring is 1. The van der Waals surface area contributed by atoms with Crippen molar-refractivity contribution >= 4 is 12.1 Å². The topological polar surface area (TPSA) is 70.1 Å². The first kappa shape index (κ1) is 14.1. The van der Waals surface area contributed by atoms with Crippen molar-refractivity contribution in [2.24, 2.45) is 0 Å². The molecule has 0 aliphatic rings. The molecule has 1 aromatic carbocycles. The van der Waals surface area contributed by atoms with Crippen molar-refractivity contribution in [1.82, 2.24) is 9.78 Å².